The summed E-state index contributed by atoms with van der Waals surface area (Å²) in [6.07, 6.45) is 6.93. The molecule has 0 spiro atoms. The number of carbonyl (C=O) groups is 1. The summed E-state index contributed by atoms with van der Waals surface area (Å²) < 4.78 is 0. The average Bonchev–Trinajstić information content (AvgIpc) is 2.82. The first kappa shape index (κ1) is 18.9. The summed E-state index contributed by atoms with van der Waals surface area (Å²) in [5, 5.41) is 7.94. The van der Waals surface area contributed by atoms with Crippen LogP contribution >= 0.6 is 35.6 Å². The van der Waals surface area contributed by atoms with Gasteiger partial charge in [-0.05, 0) is 56.2 Å². The van der Waals surface area contributed by atoms with Crippen molar-refractivity contribution in [2.45, 2.75) is 63.1 Å². The van der Waals surface area contributed by atoms with E-state index in [1.165, 1.54) is 12.8 Å². The first-order chi connectivity index (χ1) is 10.6. The van der Waals surface area contributed by atoms with E-state index >= 15 is 0 Å². The van der Waals surface area contributed by atoms with E-state index in [4.69, 9.17) is 23.2 Å². The predicted molar refractivity (Wildman–Crippen MR) is 97.8 cm³/mol. The fourth-order valence-corrected chi connectivity index (χ4v) is 3.94. The molecule has 2 N–H and O–H groups in total. The molecular weight excluding hydrogens is 355 g/mol. The van der Waals surface area contributed by atoms with Crippen LogP contribution in [0.25, 0.3) is 0 Å². The Balaban J connectivity index is 0.00000192. The van der Waals surface area contributed by atoms with Crippen LogP contribution in [0.2, 0.25) is 10.0 Å². The summed E-state index contributed by atoms with van der Waals surface area (Å²) in [5.41, 5.74) is 1.13. The molecule has 6 heteroatoms. The van der Waals surface area contributed by atoms with Gasteiger partial charge in [-0.15, -0.1) is 12.4 Å². The number of fused-ring (bicyclic) bond motifs is 2. The minimum atomic E-state index is 0. The Morgan fingerprint density at radius 1 is 1.17 bits per heavy atom. The van der Waals surface area contributed by atoms with Gasteiger partial charge in [-0.25, -0.2) is 0 Å². The van der Waals surface area contributed by atoms with Gasteiger partial charge in [0.15, 0.2) is 0 Å². The number of rotatable bonds is 5. The fourth-order valence-electron chi connectivity index (χ4n) is 3.62. The predicted octanol–water partition coefficient (Wildman–Crippen LogP) is 4.14. The van der Waals surface area contributed by atoms with Gasteiger partial charge in [-0.3, -0.25) is 4.79 Å². The van der Waals surface area contributed by atoms with E-state index in [9.17, 15) is 4.79 Å². The van der Waals surface area contributed by atoms with Crippen molar-refractivity contribution in [2.24, 2.45) is 0 Å². The summed E-state index contributed by atoms with van der Waals surface area (Å²) in [6.45, 7) is 0. The van der Waals surface area contributed by atoms with E-state index < -0.39 is 0 Å². The molecule has 2 aliphatic heterocycles. The van der Waals surface area contributed by atoms with Crippen molar-refractivity contribution in [3.63, 3.8) is 0 Å². The van der Waals surface area contributed by atoms with E-state index in [1.54, 1.807) is 0 Å². The topological polar surface area (TPSA) is 41.1 Å². The van der Waals surface area contributed by atoms with Gasteiger partial charge in [0.05, 0.1) is 10.0 Å². The van der Waals surface area contributed by atoms with Crippen molar-refractivity contribution in [1.29, 1.82) is 0 Å². The maximum atomic E-state index is 12.1. The quantitative estimate of drug-likeness (QED) is 0.810. The highest BCUT2D eigenvalue weighted by molar-refractivity contribution is 6.42. The summed E-state index contributed by atoms with van der Waals surface area (Å²) in [4.78, 5) is 12.1. The molecule has 23 heavy (non-hydrogen) atoms. The Morgan fingerprint density at radius 2 is 1.87 bits per heavy atom. The van der Waals surface area contributed by atoms with Gasteiger partial charge in [0, 0.05) is 24.5 Å². The number of nitrogens with one attached hydrogen (secondary N) is 2. The second-order valence-corrected chi connectivity index (χ2v) is 7.29. The maximum absolute atomic E-state index is 12.1. The Morgan fingerprint density at radius 3 is 2.52 bits per heavy atom. The third-order valence-corrected chi connectivity index (χ3v) is 5.43. The lowest BCUT2D eigenvalue weighted by Gasteiger charge is -2.29. The molecule has 0 saturated carbocycles. The maximum Gasteiger partial charge on any atom is 0.220 e. The van der Waals surface area contributed by atoms with Crippen LogP contribution in [0.5, 0.6) is 0 Å². The van der Waals surface area contributed by atoms with Gasteiger partial charge >= 0.3 is 0 Å². The van der Waals surface area contributed by atoms with Crippen LogP contribution in [0.3, 0.4) is 0 Å². The number of hydrogen-bond donors (Lipinski definition) is 2. The summed E-state index contributed by atoms with van der Waals surface area (Å²) >= 11 is 11.9. The molecule has 2 saturated heterocycles. The molecule has 0 aliphatic carbocycles. The number of hydrogen-bond acceptors (Lipinski definition) is 2. The Kier molecular flexibility index (Phi) is 7.02. The summed E-state index contributed by atoms with van der Waals surface area (Å²) in [6, 6.07) is 7.24. The van der Waals surface area contributed by atoms with Crippen LogP contribution in [0.15, 0.2) is 18.2 Å². The number of carbonyl (C=O) groups excluding carboxylic acids is 1. The lowest BCUT2D eigenvalue weighted by molar-refractivity contribution is -0.122. The lowest BCUT2D eigenvalue weighted by Crippen LogP contribution is -2.48. The van der Waals surface area contributed by atoms with Crippen molar-refractivity contribution in [2.75, 3.05) is 0 Å². The smallest absolute Gasteiger partial charge is 0.220 e. The van der Waals surface area contributed by atoms with E-state index in [0.717, 1.165) is 31.2 Å². The monoisotopic (exact) mass is 376 g/mol. The largest absolute Gasteiger partial charge is 0.353 e. The van der Waals surface area contributed by atoms with Crippen LogP contribution in [-0.4, -0.2) is 24.0 Å². The second-order valence-electron chi connectivity index (χ2n) is 6.48. The Hall–Kier alpha value is -0.480. The first-order valence-corrected chi connectivity index (χ1v) is 8.85. The molecule has 2 unspecified atom stereocenters. The first-order valence-electron chi connectivity index (χ1n) is 8.09. The third-order valence-electron chi connectivity index (χ3n) is 4.69. The minimum Gasteiger partial charge on any atom is -0.353 e. The molecule has 2 aliphatic rings. The molecule has 3 nitrogen and oxygen atoms in total. The van der Waals surface area contributed by atoms with Gasteiger partial charge in [0.2, 0.25) is 5.91 Å². The highest BCUT2D eigenvalue weighted by Crippen LogP contribution is 2.27. The van der Waals surface area contributed by atoms with Crippen LogP contribution in [0.1, 0.15) is 44.1 Å². The number of aryl methyl sites for hydroxylation is 1. The molecule has 0 radical (unpaired) electrons. The summed E-state index contributed by atoms with van der Waals surface area (Å²) in [5.74, 6) is 0.173. The molecule has 2 atom stereocenters. The molecule has 2 fully saturated rings. The van der Waals surface area contributed by atoms with Crippen molar-refractivity contribution >= 4 is 41.5 Å². The molecular formula is C17H23Cl3N2O. The SMILES string of the molecule is Cl.O=C(CCCc1ccc(Cl)c(Cl)c1)NC1CC2CCC(C1)N2. The normalized spacial score (nSPS) is 25.7. The average molecular weight is 378 g/mol. The van der Waals surface area contributed by atoms with Crippen LogP contribution < -0.4 is 10.6 Å². The van der Waals surface area contributed by atoms with Crippen molar-refractivity contribution < 1.29 is 4.79 Å². The zero-order valence-electron chi connectivity index (χ0n) is 13.0. The Labute approximate surface area is 153 Å². The van der Waals surface area contributed by atoms with E-state index in [2.05, 4.69) is 10.6 Å². The lowest BCUT2D eigenvalue weighted by atomic mass is 9.99. The van der Waals surface area contributed by atoms with Gasteiger partial charge in [-0.2, -0.15) is 0 Å². The Bertz CT molecular complexity index is 541. The molecule has 128 valence electrons. The van der Waals surface area contributed by atoms with E-state index in [-0.39, 0.29) is 18.3 Å². The van der Waals surface area contributed by atoms with Crippen molar-refractivity contribution in [1.82, 2.24) is 10.6 Å². The molecule has 0 aromatic heterocycles. The van der Waals surface area contributed by atoms with Crippen LogP contribution in [0, 0.1) is 0 Å². The highest BCUT2D eigenvalue weighted by Gasteiger charge is 2.33. The number of piperidine rings is 1. The minimum absolute atomic E-state index is 0. The standard InChI is InChI=1S/C17H22Cl2N2O.ClH/c18-15-7-4-11(8-16(15)19)2-1-3-17(22)21-14-9-12-5-6-13(10-14)20-12;/h4,7-8,12-14,20H,1-3,5-6,9-10H2,(H,21,22);1H. The number of halogens is 3. The molecule has 2 bridgehead atoms. The van der Waals surface area contributed by atoms with Crippen molar-refractivity contribution in [3.05, 3.63) is 33.8 Å². The van der Waals surface area contributed by atoms with Gasteiger partial charge in [-0.1, -0.05) is 29.3 Å². The van der Waals surface area contributed by atoms with Crippen molar-refractivity contribution in [3.8, 4) is 0 Å². The van der Waals surface area contributed by atoms with E-state index in [1.807, 2.05) is 18.2 Å². The van der Waals surface area contributed by atoms with Crippen LogP contribution in [-0.2, 0) is 11.2 Å². The number of benzene rings is 1. The van der Waals surface area contributed by atoms with Gasteiger partial charge in [0.1, 0.15) is 0 Å². The fraction of sp³-hybridized carbons (Fsp3) is 0.588. The van der Waals surface area contributed by atoms with Gasteiger partial charge < -0.3 is 10.6 Å². The molecule has 1 aromatic carbocycles. The molecule has 2 heterocycles. The zero-order valence-corrected chi connectivity index (χ0v) is 15.3. The molecule has 1 amide bonds. The summed E-state index contributed by atoms with van der Waals surface area (Å²) in [7, 11) is 0. The van der Waals surface area contributed by atoms with Gasteiger partial charge in [0.25, 0.3) is 0 Å². The van der Waals surface area contributed by atoms with Crippen LogP contribution in [0.4, 0.5) is 0 Å². The number of amides is 1. The molecule has 1 aromatic rings. The zero-order chi connectivity index (χ0) is 15.5. The highest BCUT2D eigenvalue weighted by atomic mass is 35.5. The second kappa shape index (κ2) is 8.57. The molecule has 3 rings (SSSR count). The third kappa shape index (κ3) is 5.25. The van der Waals surface area contributed by atoms with E-state index in [0.29, 0.717) is 34.6 Å².